The van der Waals surface area contributed by atoms with Gasteiger partial charge in [-0.25, -0.2) is 0 Å². The van der Waals surface area contributed by atoms with Crippen LogP contribution in [0.3, 0.4) is 0 Å². The molecule has 4 unspecified atom stereocenters. The molecule has 3 rings (SSSR count). The van der Waals surface area contributed by atoms with Crippen molar-refractivity contribution in [3.05, 3.63) is 27.1 Å². The molecule has 1 heterocycles. The van der Waals surface area contributed by atoms with Crippen LogP contribution in [0.15, 0.2) is 11.4 Å². The standard InChI is InChI=1S/C14H20N2O2S/c1-9(13-5-10-2-3-12(13)4-10)15-7-11-6-14(16(17)18)19-8-11/h6,8-10,12-13,15H,2-5,7H2,1H3. The van der Waals surface area contributed by atoms with Crippen LogP contribution in [-0.4, -0.2) is 11.0 Å². The Morgan fingerprint density at radius 2 is 2.37 bits per heavy atom. The minimum absolute atomic E-state index is 0.240. The van der Waals surface area contributed by atoms with Gasteiger partial charge in [0.05, 0.1) is 4.92 Å². The van der Waals surface area contributed by atoms with Gasteiger partial charge in [0, 0.05) is 24.0 Å². The summed E-state index contributed by atoms with van der Waals surface area (Å²) >= 11 is 1.21. The predicted octanol–water partition coefficient (Wildman–Crippen LogP) is 3.57. The van der Waals surface area contributed by atoms with E-state index in [9.17, 15) is 10.1 Å². The van der Waals surface area contributed by atoms with Gasteiger partial charge in [-0.2, -0.15) is 0 Å². The van der Waals surface area contributed by atoms with E-state index in [-0.39, 0.29) is 9.92 Å². The van der Waals surface area contributed by atoms with E-state index in [0.29, 0.717) is 6.04 Å². The first-order valence-corrected chi connectivity index (χ1v) is 7.96. The first kappa shape index (κ1) is 13.1. The second-order valence-electron chi connectivity index (χ2n) is 6.06. The normalized spacial score (nSPS) is 30.7. The summed E-state index contributed by atoms with van der Waals surface area (Å²) in [7, 11) is 0. The summed E-state index contributed by atoms with van der Waals surface area (Å²) in [5.41, 5.74) is 1.03. The molecule has 0 spiro atoms. The van der Waals surface area contributed by atoms with Gasteiger partial charge in [0.15, 0.2) is 0 Å². The number of hydrogen-bond acceptors (Lipinski definition) is 4. The molecular formula is C14H20N2O2S. The predicted molar refractivity (Wildman–Crippen MR) is 76.2 cm³/mol. The summed E-state index contributed by atoms with van der Waals surface area (Å²) < 4.78 is 0. The fraction of sp³-hybridized carbons (Fsp3) is 0.714. The third kappa shape index (κ3) is 2.67. The fourth-order valence-electron chi connectivity index (χ4n) is 3.89. The second kappa shape index (κ2) is 5.21. The van der Waals surface area contributed by atoms with E-state index >= 15 is 0 Å². The van der Waals surface area contributed by atoms with Crippen LogP contribution in [-0.2, 0) is 6.54 Å². The quantitative estimate of drug-likeness (QED) is 0.662. The maximum atomic E-state index is 10.6. The molecule has 2 bridgehead atoms. The Morgan fingerprint density at radius 1 is 1.53 bits per heavy atom. The highest BCUT2D eigenvalue weighted by Crippen LogP contribution is 2.49. The molecule has 104 valence electrons. The van der Waals surface area contributed by atoms with Crippen LogP contribution in [0, 0.1) is 27.9 Å². The van der Waals surface area contributed by atoms with Gasteiger partial charge < -0.3 is 5.32 Å². The van der Waals surface area contributed by atoms with Gasteiger partial charge in [-0.15, -0.1) is 0 Å². The monoisotopic (exact) mass is 280 g/mol. The molecule has 0 radical (unpaired) electrons. The van der Waals surface area contributed by atoms with E-state index in [0.717, 1.165) is 29.9 Å². The zero-order valence-corrected chi connectivity index (χ0v) is 12.0. The molecule has 2 aliphatic rings. The van der Waals surface area contributed by atoms with Crippen LogP contribution >= 0.6 is 11.3 Å². The van der Waals surface area contributed by atoms with E-state index in [2.05, 4.69) is 12.2 Å². The third-order valence-electron chi connectivity index (χ3n) is 4.88. The van der Waals surface area contributed by atoms with E-state index in [1.165, 1.54) is 37.0 Å². The summed E-state index contributed by atoms with van der Waals surface area (Å²) in [6, 6.07) is 2.21. The number of nitrogens with one attached hydrogen (secondary N) is 1. The number of fused-ring (bicyclic) bond motifs is 2. The van der Waals surface area contributed by atoms with Gasteiger partial charge >= 0.3 is 5.00 Å². The molecular weight excluding hydrogens is 260 g/mol. The van der Waals surface area contributed by atoms with Crippen molar-refractivity contribution in [1.29, 1.82) is 0 Å². The van der Waals surface area contributed by atoms with Gasteiger partial charge in [0.25, 0.3) is 0 Å². The van der Waals surface area contributed by atoms with Crippen LogP contribution in [0.1, 0.15) is 38.2 Å². The summed E-state index contributed by atoms with van der Waals surface area (Å²) in [5.74, 6) is 2.71. The van der Waals surface area contributed by atoms with E-state index in [1.807, 2.05) is 5.38 Å². The second-order valence-corrected chi connectivity index (χ2v) is 6.95. The van der Waals surface area contributed by atoms with Gasteiger partial charge in [0.1, 0.15) is 0 Å². The van der Waals surface area contributed by atoms with Crippen molar-refractivity contribution in [2.24, 2.45) is 17.8 Å². The molecule has 2 fully saturated rings. The Labute approximate surface area is 117 Å². The lowest BCUT2D eigenvalue weighted by atomic mass is 9.84. The van der Waals surface area contributed by atoms with Crippen molar-refractivity contribution in [1.82, 2.24) is 5.32 Å². The molecule has 1 aromatic rings. The molecule has 0 amide bonds. The smallest absolute Gasteiger partial charge is 0.310 e. The Hall–Kier alpha value is -0.940. The van der Waals surface area contributed by atoms with E-state index in [1.54, 1.807) is 6.07 Å². The highest BCUT2D eigenvalue weighted by atomic mass is 32.1. The maximum absolute atomic E-state index is 10.6. The van der Waals surface area contributed by atoms with Gasteiger partial charge in [-0.1, -0.05) is 17.8 Å². The number of nitrogens with zero attached hydrogens (tertiary/aromatic N) is 1. The Morgan fingerprint density at radius 3 is 2.95 bits per heavy atom. The van der Waals surface area contributed by atoms with Crippen LogP contribution in [0.2, 0.25) is 0 Å². The number of hydrogen-bond donors (Lipinski definition) is 1. The zero-order valence-electron chi connectivity index (χ0n) is 11.2. The molecule has 0 saturated heterocycles. The van der Waals surface area contributed by atoms with E-state index in [4.69, 9.17) is 0 Å². The summed E-state index contributed by atoms with van der Waals surface area (Å²) in [5, 5.41) is 16.3. The minimum Gasteiger partial charge on any atom is -0.310 e. The highest BCUT2D eigenvalue weighted by molar-refractivity contribution is 7.13. The van der Waals surface area contributed by atoms with Crippen molar-refractivity contribution >= 4 is 16.3 Å². The molecule has 2 aliphatic carbocycles. The molecule has 1 N–H and O–H groups in total. The largest absolute Gasteiger partial charge is 0.324 e. The number of thiophene rings is 1. The first-order chi connectivity index (χ1) is 9.13. The number of rotatable bonds is 5. The SMILES string of the molecule is CC(NCc1csc([N+](=O)[O-])c1)C1CC2CCC1C2. The van der Waals surface area contributed by atoms with Crippen molar-refractivity contribution < 1.29 is 4.92 Å². The molecule has 19 heavy (non-hydrogen) atoms. The third-order valence-corrected chi connectivity index (χ3v) is 5.81. The van der Waals surface area contributed by atoms with Crippen LogP contribution in [0.5, 0.6) is 0 Å². The topological polar surface area (TPSA) is 55.2 Å². The zero-order chi connectivity index (χ0) is 13.4. The maximum Gasteiger partial charge on any atom is 0.324 e. The first-order valence-electron chi connectivity index (χ1n) is 7.08. The Bertz CT molecular complexity index is 474. The van der Waals surface area contributed by atoms with Gasteiger partial charge in [-0.05, 0) is 49.5 Å². The van der Waals surface area contributed by atoms with Crippen molar-refractivity contribution in [3.8, 4) is 0 Å². The molecule has 4 atom stereocenters. The van der Waals surface area contributed by atoms with Crippen molar-refractivity contribution in [2.75, 3.05) is 0 Å². The van der Waals surface area contributed by atoms with Crippen molar-refractivity contribution in [2.45, 2.75) is 45.2 Å². The molecule has 2 saturated carbocycles. The van der Waals surface area contributed by atoms with Crippen LogP contribution in [0.4, 0.5) is 5.00 Å². The van der Waals surface area contributed by atoms with Crippen LogP contribution < -0.4 is 5.32 Å². The Kier molecular flexibility index (Phi) is 3.58. The average molecular weight is 280 g/mol. The lowest BCUT2D eigenvalue weighted by Crippen LogP contribution is -2.35. The van der Waals surface area contributed by atoms with Crippen LogP contribution in [0.25, 0.3) is 0 Å². The number of nitro groups is 1. The molecule has 5 heteroatoms. The lowest BCUT2D eigenvalue weighted by molar-refractivity contribution is -0.380. The highest BCUT2D eigenvalue weighted by Gasteiger charge is 2.41. The van der Waals surface area contributed by atoms with Gasteiger partial charge in [-0.3, -0.25) is 10.1 Å². The minimum atomic E-state index is -0.312. The lowest BCUT2D eigenvalue weighted by Gasteiger charge is -2.28. The molecule has 1 aromatic heterocycles. The molecule has 0 aliphatic heterocycles. The summed E-state index contributed by atoms with van der Waals surface area (Å²) in [4.78, 5) is 10.3. The van der Waals surface area contributed by atoms with Gasteiger partial charge in [0.2, 0.25) is 0 Å². The average Bonchev–Trinajstić information content (AvgIpc) is 3.11. The molecule has 4 nitrogen and oxygen atoms in total. The summed E-state index contributed by atoms with van der Waals surface area (Å²) in [6.07, 6.45) is 5.65. The summed E-state index contributed by atoms with van der Waals surface area (Å²) in [6.45, 7) is 3.02. The Balaban J connectivity index is 1.52. The molecule has 0 aromatic carbocycles. The van der Waals surface area contributed by atoms with E-state index < -0.39 is 0 Å². The fourth-order valence-corrected chi connectivity index (χ4v) is 4.62. The van der Waals surface area contributed by atoms with Crippen molar-refractivity contribution in [3.63, 3.8) is 0 Å².